The molecule has 0 aliphatic heterocycles. The van der Waals surface area contributed by atoms with E-state index in [4.69, 9.17) is 5.73 Å². The van der Waals surface area contributed by atoms with Crippen molar-refractivity contribution in [1.29, 1.82) is 0 Å². The lowest BCUT2D eigenvalue weighted by atomic mass is 10.4. The highest BCUT2D eigenvalue weighted by molar-refractivity contribution is 9.09. The molecule has 0 radical (unpaired) electrons. The molecule has 0 aliphatic rings. The first-order chi connectivity index (χ1) is 4.74. The van der Waals surface area contributed by atoms with Crippen molar-refractivity contribution in [3.05, 3.63) is 11.1 Å². The number of hydrogen-bond donors (Lipinski definition) is 1. The second-order valence-corrected chi connectivity index (χ2v) is 3.24. The highest BCUT2D eigenvalue weighted by atomic mass is 79.9. The third-order valence-electron chi connectivity index (χ3n) is 0.920. The molecule has 2 N–H and O–H groups in total. The summed E-state index contributed by atoms with van der Waals surface area (Å²) in [5, 5.41) is 0.763. The Morgan fingerprint density at radius 2 is 2.60 bits per heavy atom. The van der Waals surface area contributed by atoms with E-state index in [-0.39, 0.29) is 5.78 Å². The maximum atomic E-state index is 10.9. The van der Waals surface area contributed by atoms with Crippen molar-refractivity contribution in [1.82, 2.24) is 4.98 Å². The molecule has 1 aromatic heterocycles. The van der Waals surface area contributed by atoms with E-state index in [0.29, 0.717) is 15.3 Å². The van der Waals surface area contributed by atoms with Crippen molar-refractivity contribution in [3.63, 3.8) is 0 Å². The summed E-state index contributed by atoms with van der Waals surface area (Å²) in [5.41, 5.74) is 5.31. The van der Waals surface area contributed by atoms with Crippen LogP contribution in [0.5, 0.6) is 0 Å². The van der Waals surface area contributed by atoms with E-state index in [2.05, 4.69) is 20.9 Å². The molecule has 10 heavy (non-hydrogen) atoms. The molecule has 1 aromatic rings. The molecule has 54 valence electrons. The van der Waals surface area contributed by atoms with Crippen LogP contribution in [0.4, 0.5) is 5.13 Å². The highest BCUT2D eigenvalue weighted by Crippen LogP contribution is 2.15. The zero-order valence-corrected chi connectivity index (χ0v) is 7.41. The molecule has 0 saturated heterocycles. The Balaban J connectivity index is 2.85. The Kier molecular flexibility index (Phi) is 2.39. The summed E-state index contributed by atoms with van der Waals surface area (Å²) in [6.45, 7) is 0. The molecule has 1 rings (SSSR count). The second-order valence-electron chi connectivity index (χ2n) is 1.62. The van der Waals surface area contributed by atoms with E-state index in [9.17, 15) is 4.79 Å². The number of halogens is 1. The van der Waals surface area contributed by atoms with Gasteiger partial charge in [0.15, 0.2) is 10.9 Å². The van der Waals surface area contributed by atoms with Gasteiger partial charge in [-0.3, -0.25) is 4.79 Å². The zero-order valence-electron chi connectivity index (χ0n) is 5.00. The van der Waals surface area contributed by atoms with Gasteiger partial charge < -0.3 is 5.73 Å². The SMILES string of the molecule is Nc1ncc(C(=O)CBr)s1. The van der Waals surface area contributed by atoms with E-state index in [1.54, 1.807) is 0 Å². The predicted octanol–water partition coefficient (Wildman–Crippen LogP) is 1.30. The Morgan fingerprint density at radius 3 is 3.00 bits per heavy atom. The number of hydrogen-bond acceptors (Lipinski definition) is 4. The average molecular weight is 221 g/mol. The summed E-state index contributed by atoms with van der Waals surface area (Å²) >= 11 is 4.26. The first kappa shape index (κ1) is 7.68. The number of aromatic nitrogens is 1. The molecule has 5 heteroatoms. The van der Waals surface area contributed by atoms with Crippen LogP contribution in [0.2, 0.25) is 0 Å². The zero-order chi connectivity index (χ0) is 7.56. The van der Waals surface area contributed by atoms with Gasteiger partial charge in [-0.1, -0.05) is 27.3 Å². The summed E-state index contributed by atoms with van der Waals surface area (Å²) in [4.78, 5) is 15.2. The number of carbonyl (C=O) groups excluding carboxylic acids is 1. The number of ketones is 1. The van der Waals surface area contributed by atoms with E-state index in [0.717, 1.165) is 0 Å². The lowest BCUT2D eigenvalue weighted by Crippen LogP contribution is -1.95. The maximum Gasteiger partial charge on any atom is 0.184 e. The lowest BCUT2D eigenvalue weighted by Gasteiger charge is -1.84. The Hall–Kier alpha value is -0.420. The van der Waals surface area contributed by atoms with Gasteiger partial charge in [0.25, 0.3) is 0 Å². The van der Waals surface area contributed by atoms with E-state index < -0.39 is 0 Å². The van der Waals surface area contributed by atoms with Gasteiger partial charge in [0.05, 0.1) is 16.4 Å². The van der Waals surface area contributed by atoms with Crippen molar-refractivity contribution in [2.75, 3.05) is 11.1 Å². The van der Waals surface area contributed by atoms with Crippen LogP contribution in [-0.2, 0) is 0 Å². The average Bonchev–Trinajstić information content (AvgIpc) is 2.34. The van der Waals surface area contributed by atoms with Gasteiger partial charge in [-0.05, 0) is 0 Å². The fourth-order valence-electron chi connectivity index (χ4n) is 0.482. The summed E-state index contributed by atoms with van der Waals surface area (Å²) in [7, 11) is 0. The molecule has 0 bridgehead atoms. The Morgan fingerprint density at radius 1 is 1.90 bits per heavy atom. The summed E-state index contributed by atoms with van der Waals surface area (Å²) < 4.78 is 0. The number of nitrogens with two attached hydrogens (primary N) is 1. The molecule has 0 saturated carbocycles. The second kappa shape index (κ2) is 3.12. The molecule has 0 amide bonds. The van der Waals surface area contributed by atoms with Crippen LogP contribution in [0.3, 0.4) is 0 Å². The summed E-state index contributed by atoms with van der Waals surface area (Å²) in [6.07, 6.45) is 1.49. The minimum atomic E-state index is 0.0224. The predicted molar refractivity (Wildman–Crippen MR) is 44.7 cm³/mol. The molecule has 0 atom stereocenters. The minimum absolute atomic E-state index is 0.0224. The molecule has 0 aromatic carbocycles. The number of rotatable bonds is 2. The molecule has 0 aliphatic carbocycles. The van der Waals surface area contributed by atoms with Gasteiger partial charge in [0, 0.05) is 0 Å². The minimum Gasteiger partial charge on any atom is -0.375 e. The number of carbonyl (C=O) groups is 1. The number of nitrogen functional groups attached to an aromatic ring is 1. The third kappa shape index (κ3) is 1.54. The topological polar surface area (TPSA) is 56.0 Å². The lowest BCUT2D eigenvalue weighted by molar-refractivity contribution is 0.102. The molecule has 0 fully saturated rings. The van der Waals surface area contributed by atoms with Gasteiger partial charge in [0.2, 0.25) is 0 Å². The monoisotopic (exact) mass is 220 g/mol. The van der Waals surface area contributed by atoms with Crippen LogP contribution < -0.4 is 5.73 Å². The quantitative estimate of drug-likeness (QED) is 0.604. The van der Waals surface area contributed by atoms with Gasteiger partial charge in [-0.2, -0.15) is 0 Å². The van der Waals surface area contributed by atoms with Crippen LogP contribution in [0, 0.1) is 0 Å². The van der Waals surface area contributed by atoms with Gasteiger partial charge in [0.1, 0.15) is 0 Å². The van der Waals surface area contributed by atoms with Crippen LogP contribution in [-0.4, -0.2) is 16.1 Å². The van der Waals surface area contributed by atoms with Crippen LogP contribution in [0.15, 0.2) is 6.20 Å². The molecule has 1 heterocycles. The van der Waals surface area contributed by atoms with E-state index >= 15 is 0 Å². The normalized spacial score (nSPS) is 9.70. The van der Waals surface area contributed by atoms with Crippen LogP contribution in [0.1, 0.15) is 9.67 Å². The number of thiazole rings is 1. The van der Waals surface area contributed by atoms with Gasteiger partial charge >= 0.3 is 0 Å². The summed E-state index contributed by atoms with van der Waals surface area (Å²) in [5.74, 6) is 0.0224. The highest BCUT2D eigenvalue weighted by Gasteiger charge is 2.06. The van der Waals surface area contributed by atoms with Crippen molar-refractivity contribution < 1.29 is 4.79 Å². The summed E-state index contributed by atoms with van der Waals surface area (Å²) in [6, 6.07) is 0. The molecular weight excluding hydrogens is 216 g/mol. The van der Waals surface area contributed by atoms with Gasteiger partial charge in [-0.15, -0.1) is 0 Å². The molecule has 0 spiro atoms. The first-order valence-corrected chi connectivity index (χ1v) is 4.48. The number of Topliss-reactive ketones (excluding diaryl/α,β-unsaturated/α-hetero) is 1. The van der Waals surface area contributed by atoms with Crippen molar-refractivity contribution in [2.45, 2.75) is 0 Å². The fraction of sp³-hybridized carbons (Fsp3) is 0.200. The first-order valence-electron chi connectivity index (χ1n) is 2.54. The largest absolute Gasteiger partial charge is 0.375 e. The third-order valence-corrected chi connectivity index (χ3v) is 2.30. The van der Waals surface area contributed by atoms with E-state index in [1.807, 2.05) is 0 Å². The van der Waals surface area contributed by atoms with E-state index in [1.165, 1.54) is 17.5 Å². The Bertz CT molecular complexity index is 248. The number of nitrogens with zero attached hydrogens (tertiary/aromatic N) is 1. The van der Waals surface area contributed by atoms with Crippen LogP contribution >= 0.6 is 27.3 Å². The van der Waals surface area contributed by atoms with Crippen LogP contribution in [0.25, 0.3) is 0 Å². The maximum absolute atomic E-state index is 10.9. The number of anilines is 1. The molecule has 0 unspecified atom stereocenters. The standard InChI is InChI=1S/C5H5BrN2OS/c6-1-3(9)4-2-8-5(7)10-4/h2H,1H2,(H2,7,8). The fourth-order valence-corrected chi connectivity index (χ4v) is 1.59. The smallest absolute Gasteiger partial charge is 0.184 e. The van der Waals surface area contributed by atoms with Gasteiger partial charge in [-0.25, -0.2) is 4.98 Å². The van der Waals surface area contributed by atoms with Crippen molar-refractivity contribution >= 4 is 38.2 Å². The van der Waals surface area contributed by atoms with Crippen molar-refractivity contribution in [3.8, 4) is 0 Å². The molecule has 3 nitrogen and oxygen atoms in total. The Labute approximate surface area is 70.4 Å². The van der Waals surface area contributed by atoms with Crippen molar-refractivity contribution in [2.24, 2.45) is 0 Å². The molecular formula is C5H5BrN2OS. The number of alkyl halides is 1.